The first-order valence-electron chi connectivity index (χ1n) is 3.56. The quantitative estimate of drug-likeness (QED) is 0.655. The van der Waals surface area contributed by atoms with Gasteiger partial charge in [0, 0.05) is 14.9 Å². The van der Waals surface area contributed by atoms with Crippen LogP contribution in [-0.4, -0.2) is 5.78 Å². The maximum absolute atomic E-state index is 10.8. The Kier molecular flexibility index (Phi) is 3.58. The van der Waals surface area contributed by atoms with Gasteiger partial charge >= 0.3 is 0 Å². The molecule has 1 aromatic rings. The summed E-state index contributed by atoms with van der Waals surface area (Å²) >= 11 is 6.45. The standard InChI is InChI=1S/C9H9IOS/c1-6(11)4-7-2-3-9(12)8(10)5-7/h2-3,5,12H,4H2,1H3. The van der Waals surface area contributed by atoms with E-state index in [0.29, 0.717) is 6.42 Å². The van der Waals surface area contributed by atoms with Crippen LogP contribution in [0.25, 0.3) is 0 Å². The zero-order valence-electron chi connectivity index (χ0n) is 6.67. The zero-order chi connectivity index (χ0) is 9.14. The van der Waals surface area contributed by atoms with Crippen LogP contribution in [0.5, 0.6) is 0 Å². The van der Waals surface area contributed by atoms with E-state index in [4.69, 9.17) is 0 Å². The highest BCUT2D eigenvalue weighted by Crippen LogP contribution is 2.17. The number of benzene rings is 1. The Morgan fingerprint density at radius 3 is 2.75 bits per heavy atom. The van der Waals surface area contributed by atoms with E-state index in [0.717, 1.165) is 14.0 Å². The fourth-order valence-electron chi connectivity index (χ4n) is 0.948. The largest absolute Gasteiger partial charge is 0.300 e. The number of ketones is 1. The van der Waals surface area contributed by atoms with Crippen molar-refractivity contribution < 1.29 is 4.79 Å². The van der Waals surface area contributed by atoms with Crippen LogP contribution >= 0.6 is 35.2 Å². The predicted octanol–water partition coefficient (Wildman–Crippen LogP) is 2.71. The molecule has 0 aliphatic heterocycles. The van der Waals surface area contributed by atoms with Crippen molar-refractivity contribution in [2.24, 2.45) is 0 Å². The van der Waals surface area contributed by atoms with Gasteiger partial charge in [0.2, 0.25) is 0 Å². The van der Waals surface area contributed by atoms with Crippen LogP contribution in [-0.2, 0) is 11.2 Å². The molecule has 0 amide bonds. The molecular weight excluding hydrogens is 283 g/mol. The van der Waals surface area contributed by atoms with E-state index in [1.165, 1.54) is 0 Å². The van der Waals surface area contributed by atoms with Gasteiger partial charge in [-0.1, -0.05) is 6.07 Å². The van der Waals surface area contributed by atoms with Crippen molar-refractivity contribution in [1.82, 2.24) is 0 Å². The molecule has 0 heterocycles. The van der Waals surface area contributed by atoms with E-state index in [1.807, 2.05) is 18.2 Å². The highest BCUT2D eigenvalue weighted by molar-refractivity contribution is 14.1. The summed E-state index contributed by atoms with van der Waals surface area (Å²) in [5.41, 5.74) is 1.06. The lowest BCUT2D eigenvalue weighted by molar-refractivity contribution is -0.116. The molecule has 0 radical (unpaired) electrons. The summed E-state index contributed by atoms with van der Waals surface area (Å²) in [5.74, 6) is 0.192. The van der Waals surface area contributed by atoms with Crippen LogP contribution in [0.2, 0.25) is 0 Å². The first kappa shape index (κ1) is 10.1. The highest BCUT2D eigenvalue weighted by Gasteiger charge is 2.00. The summed E-state index contributed by atoms with van der Waals surface area (Å²) in [6, 6.07) is 5.85. The lowest BCUT2D eigenvalue weighted by atomic mass is 10.1. The number of thiol groups is 1. The molecule has 0 bridgehead atoms. The third-order valence-corrected chi connectivity index (χ3v) is 3.17. The van der Waals surface area contributed by atoms with Gasteiger partial charge in [-0.25, -0.2) is 0 Å². The first-order valence-corrected chi connectivity index (χ1v) is 5.09. The van der Waals surface area contributed by atoms with Gasteiger partial charge < -0.3 is 0 Å². The monoisotopic (exact) mass is 292 g/mol. The smallest absolute Gasteiger partial charge is 0.134 e. The van der Waals surface area contributed by atoms with Crippen LogP contribution in [0.3, 0.4) is 0 Å². The van der Waals surface area contributed by atoms with Crippen molar-refractivity contribution in [3.8, 4) is 0 Å². The van der Waals surface area contributed by atoms with Gasteiger partial charge in [0.25, 0.3) is 0 Å². The Bertz CT molecular complexity index is 309. The molecule has 1 rings (SSSR count). The van der Waals surface area contributed by atoms with Crippen molar-refractivity contribution >= 4 is 41.0 Å². The van der Waals surface area contributed by atoms with Gasteiger partial charge in [0.15, 0.2) is 0 Å². The molecule has 0 aliphatic carbocycles. The van der Waals surface area contributed by atoms with Crippen molar-refractivity contribution in [3.63, 3.8) is 0 Å². The Morgan fingerprint density at radius 2 is 2.25 bits per heavy atom. The summed E-state index contributed by atoms with van der Waals surface area (Å²) in [6.07, 6.45) is 0.518. The van der Waals surface area contributed by atoms with Crippen LogP contribution < -0.4 is 0 Å². The minimum absolute atomic E-state index is 0.192. The second-order valence-corrected chi connectivity index (χ2v) is 4.31. The maximum atomic E-state index is 10.8. The summed E-state index contributed by atoms with van der Waals surface area (Å²) in [4.78, 5) is 11.7. The van der Waals surface area contributed by atoms with Crippen LogP contribution in [0.1, 0.15) is 12.5 Å². The van der Waals surface area contributed by atoms with Gasteiger partial charge in [-0.3, -0.25) is 4.79 Å². The number of Topliss-reactive ketones (excluding diaryl/α,β-unsaturated/α-hetero) is 1. The van der Waals surface area contributed by atoms with E-state index in [9.17, 15) is 4.79 Å². The molecule has 3 heteroatoms. The van der Waals surface area contributed by atoms with Crippen LogP contribution in [0.4, 0.5) is 0 Å². The molecule has 1 nitrogen and oxygen atoms in total. The first-order chi connectivity index (χ1) is 5.59. The van der Waals surface area contributed by atoms with Crippen molar-refractivity contribution in [2.45, 2.75) is 18.2 Å². The Balaban J connectivity index is 2.89. The molecule has 64 valence electrons. The second kappa shape index (κ2) is 4.28. The SMILES string of the molecule is CC(=O)Cc1ccc(S)c(I)c1. The third kappa shape index (κ3) is 2.79. The average molecular weight is 292 g/mol. The van der Waals surface area contributed by atoms with Gasteiger partial charge in [-0.05, 0) is 47.2 Å². The zero-order valence-corrected chi connectivity index (χ0v) is 9.72. The lowest BCUT2D eigenvalue weighted by Crippen LogP contribution is -1.96. The Morgan fingerprint density at radius 1 is 1.58 bits per heavy atom. The molecule has 0 unspecified atom stereocenters. The molecule has 0 N–H and O–H groups in total. The summed E-state index contributed by atoms with van der Waals surface area (Å²) in [6.45, 7) is 1.60. The molecule has 0 saturated carbocycles. The molecule has 1 aromatic carbocycles. The predicted molar refractivity (Wildman–Crippen MR) is 60.8 cm³/mol. The van der Waals surface area contributed by atoms with Crippen molar-refractivity contribution in [1.29, 1.82) is 0 Å². The normalized spacial score (nSPS) is 9.92. The number of hydrogen-bond acceptors (Lipinski definition) is 2. The molecule has 0 fully saturated rings. The minimum atomic E-state index is 0.192. The van der Waals surface area contributed by atoms with Gasteiger partial charge in [0.1, 0.15) is 5.78 Å². The van der Waals surface area contributed by atoms with Gasteiger partial charge in [0.05, 0.1) is 0 Å². The number of carbonyl (C=O) groups excluding carboxylic acids is 1. The summed E-state index contributed by atoms with van der Waals surface area (Å²) < 4.78 is 1.09. The maximum Gasteiger partial charge on any atom is 0.134 e. The Hall–Kier alpha value is -0.0300. The fraction of sp³-hybridized carbons (Fsp3) is 0.222. The Labute approximate surface area is 91.1 Å². The number of carbonyl (C=O) groups is 1. The number of halogens is 1. The van der Waals surface area contributed by atoms with E-state index < -0.39 is 0 Å². The van der Waals surface area contributed by atoms with Crippen LogP contribution in [0, 0.1) is 3.57 Å². The molecular formula is C9H9IOS. The van der Waals surface area contributed by atoms with E-state index >= 15 is 0 Å². The second-order valence-electron chi connectivity index (χ2n) is 2.66. The third-order valence-electron chi connectivity index (χ3n) is 1.47. The van der Waals surface area contributed by atoms with Crippen molar-refractivity contribution in [3.05, 3.63) is 27.3 Å². The van der Waals surface area contributed by atoms with Gasteiger partial charge in [-0.2, -0.15) is 0 Å². The molecule has 12 heavy (non-hydrogen) atoms. The van der Waals surface area contributed by atoms with E-state index in [2.05, 4.69) is 35.2 Å². The molecule has 0 spiro atoms. The van der Waals surface area contributed by atoms with Crippen LogP contribution in [0.15, 0.2) is 23.1 Å². The topological polar surface area (TPSA) is 17.1 Å². The minimum Gasteiger partial charge on any atom is -0.300 e. The fourth-order valence-corrected chi connectivity index (χ4v) is 1.67. The van der Waals surface area contributed by atoms with E-state index in [-0.39, 0.29) is 5.78 Å². The molecule has 0 atom stereocenters. The average Bonchev–Trinajstić information content (AvgIpc) is 1.96. The van der Waals surface area contributed by atoms with Gasteiger partial charge in [-0.15, -0.1) is 12.6 Å². The van der Waals surface area contributed by atoms with E-state index in [1.54, 1.807) is 6.92 Å². The number of hydrogen-bond donors (Lipinski definition) is 1. The lowest BCUT2D eigenvalue weighted by Gasteiger charge is -2.00. The highest BCUT2D eigenvalue weighted by atomic mass is 127. The summed E-state index contributed by atoms with van der Waals surface area (Å²) in [7, 11) is 0. The van der Waals surface area contributed by atoms with Crippen molar-refractivity contribution in [2.75, 3.05) is 0 Å². The summed E-state index contributed by atoms with van der Waals surface area (Å²) in [5, 5.41) is 0. The molecule has 0 aromatic heterocycles. The number of rotatable bonds is 2. The molecule has 0 aliphatic rings. The molecule has 0 saturated heterocycles.